The molecule has 8 nitrogen and oxygen atoms in total. The van der Waals surface area contributed by atoms with Crippen molar-refractivity contribution < 1.29 is 9.59 Å². The van der Waals surface area contributed by atoms with Crippen LogP contribution in [-0.2, 0) is 25.9 Å². The Morgan fingerprint density at radius 1 is 0.639 bits per heavy atom. The van der Waals surface area contributed by atoms with Gasteiger partial charge in [-0.2, -0.15) is 0 Å². The molecule has 0 radical (unpaired) electrons. The predicted molar refractivity (Wildman–Crippen MR) is 142 cm³/mol. The van der Waals surface area contributed by atoms with E-state index < -0.39 is 0 Å². The van der Waals surface area contributed by atoms with E-state index in [9.17, 15) is 9.59 Å². The minimum atomic E-state index is 0.0691. The SMILES string of the molecule is CCn1c(CCc2nnc(SCC(=O)c3ccccc3)n2CC)nnc1SCC(=O)c1ccccc1. The van der Waals surface area contributed by atoms with Gasteiger partial charge in [-0.25, -0.2) is 0 Å². The minimum absolute atomic E-state index is 0.0691. The van der Waals surface area contributed by atoms with Gasteiger partial charge in [0, 0.05) is 37.1 Å². The number of nitrogens with zero attached hydrogens (tertiary/aromatic N) is 6. The number of rotatable bonds is 13. The van der Waals surface area contributed by atoms with Gasteiger partial charge in [0.25, 0.3) is 0 Å². The zero-order valence-corrected chi connectivity index (χ0v) is 22.0. The molecule has 4 aromatic rings. The third kappa shape index (κ3) is 6.30. The zero-order chi connectivity index (χ0) is 25.3. The summed E-state index contributed by atoms with van der Waals surface area (Å²) in [5.74, 6) is 2.47. The van der Waals surface area contributed by atoms with Crippen LogP contribution >= 0.6 is 23.5 Å². The molecule has 4 rings (SSSR count). The Kier molecular flexibility index (Phi) is 9.07. The van der Waals surface area contributed by atoms with Gasteiger partial charge in [0.2, 0.25) is 0 Å². The first kappa shape index (κ1) is 25.8. The van der Waals surface area contributed by atoms with Gasteiger partial charge in [0.05, 0.1) is 11.5 Å². The Hall–Kier alpha value is -3.24. The molecule has 2 aromatic heterocycles. The molecule has 0 fully saturated rings. The molecule has 2 heterocycles. The highest BCUT2D eigenvalue weighted by Crippen LogP contribution is 2.22. The van der Waals surface area contributed by atoms with E-state index in [1.807, 2.05) is 83.6 Å². The lowest BCUT2D eigenvalue weighted by molar-refractivity contribution is 0.101. The summed E-state index contributed by atoms with van der Waals surface area (Å²) < 4.78 is 4.09. The molecule has 0 amide bonds. The van der Waals surface area contributed by atoms with Gasteiger partial charge in [-0.3, -0.25) is 9.59 Å². The molecular weight excluding hydrogens is 492 g/mol. The molecule has 2 aromatic carbocycles. The van der Waals surface area contributed by atoms with E-state index in [-0.39, 0.29) is 11.6 Å². The topological polar surface area (TPSA) is 95.6 Å². The van der Waals surface area contributed by atoms with Gasteiger partial charge in [-0.1, -0.05) is 84.2 Å². The summed E-state index contributed by atoms with van der Waals surface area (Å²) in [7, 11) is 0. The van der Waals surface area contributed by atoms with Crippen LogP contribution in [-0.4, -0.2) is 52.6 Å². The number of benzene rings is 2. The van der Waals surface area contributed by atoms with Crippen LogP contribution in [0, 0.1) is 0 Å². The number of aromatic nitrogens is 6. The Morgan fingerprint density at radius 3 is 1.39 bits per heavy atom. The van der Waals surface area contributed by atoms with Gasteiger partial charge in [0.1, 0.15) is 11.6 Å². The molecule has 0 aliphatic heterocycles. The summed E-state index contributed by atoms with van der Waals surface area (Å²) in [6.45, 7) is 5.52. The predicted octanol–water partition coefficient (Wildman–Crippen LogP) is 4.64. The molecular formula is C26H28N6O2S2. The quantitative estimate of drug-likeness (QED) is 0.186. The largest absolute Gasteiger partial charge is 0.306 e. The average molecular weight is 521 g/mol. The smallest absolute Gasteiger partial charge is 0.191 e. The van der Waals surface area contributed by atoms with Gasteiger partial charge in [-0.15, -0.1) is 20.4 Å². The van der Waals surface area contributed by atoms with Crippen LogP contribution in [0.15, 0.2) is 71.0 Å². The molecule has 0 aliphatic carbocycles. The summed E-state index contributed by atoms with van der Waals surface area (Å²) in [6, 6.07) is 18.6. The number of hydrogen-bond donors (Lipinski definition) is 0. The third-order valence-electron chi connectivity index (χ3n) is 5.65. The van der Waals surface area contributed by atoms with Crippen molar-refractivity contribution in [2.45, 2.75) is 50.1 Å². The van der Waals surface area contributed by atoms with E-state index in [0.717, 1.165) is 22.0 Å². The number of ketones is 2. The normalized spacial score (nSPS) is 11.1. The molecule has 0 spiro atoms. The molecule has 0 aliphatic rings. The standard InChI is InChI=1S/C26H28N6O2S2/c1-3-31-23(27-29-25(31)35-17-21(33)19-11-7-5-8-12-19)15-16-24-28-30-26(32(24)4-2)36-18-22(34)20-13-9-6-10-14-20/h5-14H,3-4,15-18H2,1-2H3. The number of carbonyl (C=O) groups is 2. The van der Waals surface area contributed by atoms with Crippen LogP contribution in [0.4, 0.5) is 0 Å². The van der Waals surface area contributed by atoms with Gasteiger partial charge in [-0.05, 0) is 13.8 Å². The highest BCUT2D eigenvalue weighted by atomic mass is 32.2. The maximum Gasteiger partial charge on any atom is 0.191 e. The van der Waals surface area contributed by atoms with Crippen molar-refractivity contribution in [1.82, 2.24) is 29.5 Å². The molecule has 0 saturated heterocycles. The molecule has 0 atom stereocenters. The Balaban J connectivity index is 1.36. The molecule has 0 bridgehead atoms. The second-order valence-corrected chi connectivity index (χ2v) is 9.83. The van der Waals surface area contributed by atoms with Gasteiger partial charge >= 0.3 is 0 Å². The summed E-state index contributed by atoms with van der Waals surface area (Å²) in [5, 5.41) is 18.9. The van der Waals surface area contributed by atoms with Crippen molar-refractivity contribution in [3.05, 3.63) is 83.4 Å². The van der Waals surface area contributed by atoms with Crippen LogP contribution in [0.5, 0.6) is 0 Å². The van der Waals surface area contributed by atoms with Crippen LogP contribution in [0.3, 0.4) is 0 Å². The number of aryl methyl sites for hydroxylation is 2. The van der Waals surface area contributed by atoms with Gasteiger partial charge in [0.15, 0.2) is 21.9 Å². The number of hydrogen-bond acceptors (Lipinski definition) is 8. The zero-order valence-electron chi connectivity index (χ0n) is 20.3. The second-order valence-electron chi connectivity index (χ2n) is 7.94. The van der Waals surface area contributed by atoms with Crippen LogP contribution in [0.1, 0.15) is 46.2 Å². The molecule has 0 unspecified atom stereocenters. The van der Waals surface area contributed by atoms with E-state index in [4.69, 9.17) is 0 Å². The van der Waals surface area contributed by atoms with E-state index in [1.165, 1.54) is 23.5 Å². The van der Waals surface area contributed by atoms with Crippen molar-refractivity contribution in [3.63, 3.8) is 0 Å². The summed E-state index contributed by atoms with van der Waals surface area (Å²) >= 11 is 2.82. The molecule has 186 valence electrons. The van der Waals surface area contributed by atoms with E-state index >= 15 is 0 Å². The maximum atomic E-state index is 12.5. The summed E-state index contributed by atoms with van der Waals surface area (Å²) in [5.41, 5.74) is 1.40. The van der Waals surface area contributed by atoms with E-state index in [2.05, 4.69) is 20.4 Å². The first-order valence-corrected chi connectivity index (χ1v) is 13.8. The number of thioether (sulfide) groups is 2. The molecule has 0 N–H and O–H groups in total. The van der Waals surface area contributed by atoms with Crippen molar-refractivity contribution in [2.24, 2.45) is 0 Å². The second kappa shape index (κ2) is 12.6. The van der Waals surface area contributed by atoms with Gasteiger partial charge < -0.3 is 9.13 Å². The Labute approximate surface area is 218 Å². The fraction of sp³-hybridized carbons (Fsp3) is 0.308. The Bertz CT molecular complexity index is 1200. The highest BCUT2D eigenvalue weighted by molar-refractivity contribution is 8.00. The Morgan fingerprint density at radius 2 is 1.03 bits per heavy atom. The third-order valence-corrected chi connectivity index (χ3v) is 7.58. The highest BCUT2D eigenvalue weighted by Gasteiger charge is 2.17. The summed E-state index contributed by atoms with van der Waals surface area (Å²) in [4.78, 5) is 24.9. The van der Waals surface area contributed by atoms with Crippen molar-refractivity contribution in [2.75, 3.05) is 11.5 Å². The van der Waals surface area contributed by atoms with Crippen molar-refractivity contribution >= 4 is 35.1 Å². The number of carbonyl (C=O) groups excluding carboxylic acids is 2. The average Bonchev–Trinajstić information content (AvgIpc) is 3.52. The lowest BCUT2D eigenvalue weighted by atomic mass is 10.2. The lowest BCUT2D eigenvalue weighted by Gasteiger charge is -2.09. The summed E-state index contributed by atoms with van der Waals surface area (Å²) in [6.07, 6.45) is 1.31. The molecule has 0 saturated carbocycles. The van der Waals surface area contributed by atoms with Crippen molar-refractivity contribution in [3.8, 4) is 0 Å². The van der Waals surface area contributed by atoms with E-state index in [1.54, 1.807) is 0 Å². The fourth-order valence-electron chi connectivity index (χ4n) is 3.76. The molecule has 10 heteroatoms. The lowest BCUT2D eigenvalue weighted by Crippen LogP contribution is -2.10. The fourth-order valence-corrected chi connectivity index (χ4v) is 5.59. The number of Topliss-reactive ketones (excluding diaryl/α,β-unsaturated/α-hetero) is 2. The first-order chi connectivity index (χ1) is 17.6. The monoisotopic (exact) mass is 520 g/mol. The first-order valence-electron chi connectivity index (χ1n) is 11.9. The van der Waals surface area contributed by atoms with Crippen LogP contribution < -0.4 is 0 Å². The minimum Gasteiger partial charge on any atom is -0.306 e. The van der Waals surface area contributed by atoms with Crippen LogP contribution in [0.25, 0.3) is 0 Å². The molecule has 36 heavy (non-hydrogen) atoms. The maximum absolute atomic E-state index is 12.5. The van der Waals surface area contributed by atoms with Crippen molar-refractivity contribution in [1.29, 1.82) is 0 Å². The van der Waals surface area contributed by atoms with Crippen LogP contribution in [0.2, 0.25) is 0 Å². The van der Waals surface area contributed by atoms with E-state index in [0.29, 0.717) is 48.6 Å².